The van der Waals surface area contributed by atoms with E-state index >= 15 is 0 Å². The fraction of sp³-hybridized carbons (Fsp3) is 0.412. The van der Waals surface area contributed by atoms with Crippen LogP contribution in [0.25, 0.3) is 11.1 Å². The van der Waals surface area contributed by atoms with Crippen LogP contribution in [0.15, 0.2) is 61.3 Å². The van der Waals surface area contributed by atoms with Gasteiger partial charge in [0, 0.05) is 74.1 Å². The first kappa shape index (κ1) is 31.9. The quantitative estimate of drug-likeness (QED) is 0.233. The molecule has 2 fully saturated rings. The van der Waals surface area contributed by atoms with Crippen LogP contribution >= 0.6 is 0 Å². The summed E-state index contributed by atoms with van der Waals surface area (Å²) in [4.78, 5) is 44.5. The van der Waals surface area contributed by atoms with Crippen molar-refractivity contribution in [2.45, 2.75) is 63.6 Å². The average molecular weight is 634 g/mol. The zero-order chi connectivity index (χ0) is 32.4. The van der Waals surface area contributed by atoms with Gasteiger partial charge in [-0.15, -0.1) is 0 Å². The van der Waals surface area contributed by atoms with Crippen LogP contribution in [0, 0.1) is 11.3 Å². The zero-order valence-corrected chi connectivity index (χ0v) is 26.3. The second-order valence-corrected chi connectivity index (χ2v) is 11.9. The molecule has 47 heavy (non-hydrogen) atoms. The van der Waals surface area contributed by atoms with Gasteiger partial charge in [0.25, 0.3) is 0 Å². The number of benzene rings is 1. The highest BCUT2D eigenvalue weighted by atomic mass is 16.3. The molecular weight excluding hydrogens is 594 g/mol. The fourth-order valence-corrected chi connectivity index (χ4v) is 6.16. The first-order valence-electron chi connectivity index (χ1n) is 16.2. The monoisotopic (exact) mass is 633 g/mol. The minimum atomic E-state index is -0.231. The molecule has 0 spiro atoms. The van der Waals surface area contributed by atoms with E-state index < -0.39 is 0 Å². The molecule has 0 bridgehead atoms. The van der Waals surface area contributed by atoms with E-state index in [0.29, 0.717) is 41.9 Å². The van der Waals surface area contributed by atoms with E-state index in [1.165, 1.54) is 0 Å². The highest BCUT2D eigenvalue weighted by molar-refractivity contribution is 5.92. The molecular formula is C34H39N11O2. The number of nitriles is 1. The van der Waals surface area contributed by atoms with Gasteiger partial charge < -0.3 is 20.6 Å². The molecule has 1 amide bonds. The number of carbonyl (C=O) groups is 1. The van der Waals surface area contributed by atoms with E-state index in [2.05, 4.69) is 46.5 Å². The number of aryl methyl sites for hydroxylation is 1. The number of carbonyl (C=O) groups excluding carboxylic acids is 1. The maximum absolute atomic E-state index is 13.8. The lowest BCUT2D eigenvalue weighted by atomic mass is 9.90. The summed E-state index contributed by atoms with van der Waals surface area (Å²) in [6.07, 6.45) is 13.3. The van der Waals surface area contributed by atoms with Crippen molar-refractivity contribution in [3.8, 4) is 17.2 Å². The Labute approximate surface area is 274 Å². The van der Waals surface area contributed by atoms with Crippen molar-refractivity contribution in [3.05, 3.63) is 78.3 Å². The summed E-state index contributed by atoms with van der Waals surface area (Å²) in [6.45, 7) is 3.20. The van der Waals surface area contributed by atoms with Gasteiger partial charge in [0.2, 0.25) is 17.8 Å². The molecule has 1 saturated heterocycles. The number of rotatable bonds is 10. The topological polar surface area (TPSA) is 169 Å². The normalized spacial score (nSPS) is 18.2. The van der Waals surface area contributed by atoms with Gasteiger partial charge in [-0.1, -0.05) is 30.3 Å². The Morgan fingerprint density at radius 3 is 2.38 bits per heavy atom. The van der Waals surface area contributed by atoms with Gasteiger partial charge in [-0.05, 0) is 50.6 Å². The smallest absolute Gasteiger partial charge is 0.232 e. The number of aliphatic hydroxyl groups is 1. The number of hydrogen-bond acceptors (Lipinski definition) is 12. The Balaban J connectivity index is 1.15. The van der Waals surface area contributed by atoms with E-state index in [1.54, 1.807) is 35.9 Å². The molecule has 4 aromatic rings. The van der Waals surface area contributed by atoms with Crippen molar-refractivity contribution in [1.29, 1.82) is 5.26 Å². The maximum Gasteiger partial charge on any atom is 0.232 e. The number of nitrogens with one attached hydrogen (secondary N) is 2. The van der Waals surface area contributed by atoms with Crippen LogP contribution < -0.4 is 20.4 Å². The lowest BCUT2D eigenvalue weighted by Gasteiger charge is -2.36. The van der Waals surface area contributed by atoms with Crippen LogP contribution in [0.1, 0.15) is 55.5 Å². The van der Waals surface area contributed by atoms with Crippen LogP contribution in [0.5, 0.6) is 0 Å². The number of hydrogen-bond donors (Lipinski definition) is 3. The second kappa shape index (κ2) is 15.5. The van der Waals surface area contributed by atoms with Crippen molar-refractivity contribution in [3.63, 3.8) is 0 Å². The molecule has 13 heteroatoms. The number of amides is 1. The third-order valence-corrected chi connectivity index (χ3v) is 8.70. The van der Waals surface area contributed by atoms with Crippen molar-refractivity contribution in [2.75, 3.05) is 41.3 Å². The molecule has 3 aromatic heterocycles. The molecule has 242 valence electrons. The molecule has 6 rings (SSSR count). The summed E-state index contributed by atoms with van der Waals surface area (Å²) in [6, 6.07) is 12.3. The number of aliphatic hydroxyl groups excluding tert-OH is 1. The van der Waals surface area contributed by atoms with Gasteiger partial charge >= 0.3 is 0 Å². The molecule has 0 unspecified atom stereocenters. The third-order valence-electron chi connectivity index (χ3n) is 8.70. The van der Waals surface area contributed by atoms with E-state index in [0.717, 1.165) is 75.0 Å². The summed E-state index contributed by atoms with van der Waals surface area (Å²) < 4.78 is 0. The van der Waals surface area contributed by atoms with E-state index in [9.17, 15) is 15.2 Å². The molecule has 4 heterocycles. The predicted octanol–water partition coefficient (Wildman–Crippen LogP) is 3.28. The Hall–Kier alpha value is -5.06. The average Bonchev–Trinajstić information content (AvgIpc) is 3.42. The molecule has 0 radical (unpaired) electrons. The first-order valence-corrected chi connectivity index (χ1v) is 16.2. The highest BCUT2D eigenvalue weighted by Crippen LogP contribution is 2.29. The van der Waals surface area contributed by atoms with Crippen LogP contribution in [0.4, 0.5) is 17.7 Å². The largest absolute Gasteiger partial charge is 0.388 e. The summed E-state index contributed by atoms with van der Waals surface area (Å²) in [5.74, 6) is 1.90. The third kappa shape index (κ3) is 8.03. The van der Waals surface area contributed by atoms with E-state index in [-0.39, 0.29) is 24.6 Å². The number of nitrogens with zero attached hydrogens (tertiary/aromatic N) is 9. The second-order valence-electron chi connectivity index (χ2n) is 11.9. The minimum Gasteiger partial charge on any atom is -0.388 e. The molecule has 0 atom stereocenters. The van der Waals surface area contributed by atoms with Crippen LogP contribution in [0.3, 0.4) is 0 Å². The van der Waals surface area contributed by atoms with Crippen molar-refractivity contribution in [2.24, 2.45) is 0 Å². The lowest BCUT2D eigenvalue weighted by Crippen LogP contribution is -2.45. The number of anilines is 3. The summed E-state index contributed by atoms with van der Waals surface area (Å²) >= 11 is 0. The van der Waals surface area contributed by atoms with Crippen molar-refractivity contribution < 1.29 is 9.90 Å². The molecule has 13 nitrogen and oxygen atoms in total. The Morgan fingerprint density at radius 1 is 0.957 bits per heavy atom. The molecule has 1 saturated carbocycles. The summed E-state index contributed by atoms with van der Waals surface area (Å²) in [5, 5.41) is 25.8. The van der Waals surface area contributed by atoms with Crippen molar-refractivity contribution >= 4 is 23.6 Å². The standard InChI is InChI=1S/C34H39N11O2/c35-17-25-18-39-33(43-32(25)44-15-4-13-36-14-16-44)42-28-8-10-29(11-9-28)45(31(47)12-7-24-5-2-1-3-6-24)34-40-21-27(22-41-34)26-19-37-30(23-46)38-20-26/h1-3,5-6,18-22,28-29,36,46H,4,7-16,23H2,(H,39,42,43)/t28-,29-. The van der Waals surface area contributed by atoms with Crippen molar-refractivity contribution in [1.82, 2.24) is 35.2 Å². The van der Waals surface area contributed by atoms with Crippen LogP contribution in [-0.2, 0) is 17.8 Å². The Morgan fingerprint density at radius 2 is 1.68 bits per heavy atom. The maximum atomic E-state index is 13.8. The van der Waals surface area contributed by atoms with Gasteiger partial charge in [0.15, 0.2) is 11.6 Å². The zero-order valence-electron chi connectivity index (χ0n) is 26.3. The number of aromatic nitrogens is 6. The SMILES string of the molecule is N#Cc1cnc(N[C@H]2CC[C@H](N(C(=O)CCc3ccccc3)c3ncc(-c4cnc(CO)nc4)cn3)CC2)nc1N1CCCNCC1. The fourth-order valence-electron chi connectivity index (χ4n) is 6.16. The van der Waals surface area contributed by atoms with Gasteiger partial charge in [0.05, 0.1) is 6.20 Å². The highest BCUT2D eigenvalue weighted by Gasteiger charge is 2.32. The van der Waals surface area contributed by atoms with Crippen LogP contribution in [0.2, 0.25) is 0 Å². The lowest BCUT2D eigenvalue weighted by molar-refractivity contribution is -0.119. The molecule has 1 aromatic carbocycles. The van der Waals surface area contributed by atoms with Gasteiger partial charge in [-0.25, -0.2) is 24.9 Å². The minimum absolute atomic E-state index is 0.0133. The van der Waals surface area contributed by atoms with Gasteiger partial charge in [-0.2, -0.15) is 10.2 Å². The molecule has 3 N–H and O–H groups in total. The van der Waals surface area contributed by atoms with Gasteiger partial charge in [0.1, 0.15) is 18.2 Å². The summed E-state index contributed by atoms with van der Waals surface area (Å²) in [5.41, 5.74) is 3.03. The molecule has 2 aliphatic rings. The van der Waals surface area contributed by atoms with E-state index in [1.807, 2.05) is 30.3 Å². The van der Waals surface area contributed by atoms with Crippen LogP contribution in [-0.4, -0.2) is 79.2 Å². The predicted molar refractivity (Wildman–Crippen MR) is 177 cm³/mol. The Kier molecular flexibility index (Phi) is 10.5. The van der Waals surface area contributed by atoms with E-state index in [4.69, 9.17) is 4.98 Å². The van der Waals surface area contributed by atoms with Gasteiger partial charge in [-0.3, -0.25) is 9.69 Å². The first-order chi connectivity index (χ1) is 23.1. The summed E-state index contributed by atoms with van der Waals surface area (Å²) in [7, 11) is 0. The molecule has 1 aliphatic carbocycles. The Bertz CT molecular complexity index is 1650. The molecule has 1 aliphatic heterocycles.